The Labute approximate surface area is 167 Å². The molecule has 2 aliphatic heterocycles. The highest BCUT2D eigenvalue weighted by Gasteiger charge is 2.26. The first-order valence-electron chi connectivity index (χ1n) is 9.57. The molecule has 1 aromatic heterocycles. The highest BCUT2D eigenvalue weighted by molar-refractivity contribution is 7.18. The largest absolute Gasteiger partial charge is 0.486 e. The number of rotatable bonds is 2. The van der Waals surface area contributed by atoms with Gasteiger partial charge in [0.2, 0.25) is 0 Å². The first kappa shape index (κ1) is 17.3. The average Bonchev–Trinajstić information content (AvgIpc) is 3.18. The van der Waals surface area contributed by atoms with Gasteiger partial charge in [-0.1, -0.05) is 12.1 Å². The number of para-hydroxylation sites is 1. The summed E-state index contributed by atoms with van der Waals surface area (Å²) >= 11 is 1.77. The zero-order valence-electron chi connectivity index (χ0n) is 15.4. The van der Waals surface area contributed by atoms with E-state index < -0.39 is 0 Å². The number of likely N-dealkylation sites (tertiary alicyclic amines) is 1. The molecule has 0 aliphatic carbocycles. The topological polar surface area (TPSA) is 63.7 Å². The van der Waals surface area contributed by atoms with Crippen molar-refractivity contribution < 1.29 is 14.3 Å². The number of aromatic nitrogens is 1. The van der Waals surface area contributed by atoms with E-state index in [4.69, 9.17) is 14.5 Å². The van der Waals surface area contributed by atoms with Gasteiger partial charge >= 0.3 is 6.03 Å². The number of carbonyl (C=O) groups excluding carboxylic acids is 1. The SMILES string of the molecule is O=C(Nc1ccc2c(c1)OCCO2)N1CCC(c2nc3ccccc3s2)CC1. The lowest BCUT2D eigenvalue weighted by Crippen LogP contribution is -2.40. The van der Waals surface area contributed by atoms with Gasteiger partial charge in [-0.3, -0.25) is 0 Å². The molecule has 2 aromatic carbocycles. The van der Waals surface area contributed by atoms with E-state index >= 15 is 0 Å². The minimum Gasteiger partial charge on any atom is -0.486 e. The Balaban J connectivity index is 1.21. The second-order valence-electron chi connectivity index (χ2n) is 7.07. The summed E-state index contributed by atoms with van der Waals surface area (Å²) < 4.78 is 12.3. The van der Waals surface area contributed by atoms with Gasteiger partial charge in [-0.15, -0.1) is 11.3 Å². The lowest BCUT2D eigenvalue weighted by atomic mass is 9.98. The van der Waals surface area contributed by atoms with Crippen molar-refractivity contribution in [3.05, 3.63) is 47.5 Å². The average molecular weight is 395 g/mol. The molecule has 0 radical (unpaired) electrons. The summed E-state index contributed by atoms with van der Waals surface area (Å²) in [5.74, 6) is 1.83. The van der Waals surface area contributed by atoms with E-state index in [0.717, 1.165) is 42.9 Å². The van der Waals surface area contributed by atoms with Crippen LogP contribution in [0, 0.1) is 0 Å². The van der Waals surface area contributed by atoms with E-state index in [9.17, 15) is 4.79 Å². The molecule has 3 aromatic rings. The molecule has 2 aliphatic rings. The monoisotopic (exact) mass is 395 g/mol. The van der Waals surface area contributed by atoms with Crippen LogP contribution in [0.15, 0.2) is 42.5 Å². The lowest BCUT2D eigenvalue weighted by molar-refractivity contribution is 0.171. The molecule has 3 heterocycles. The summed E-state index contributed by atoms with van der Waals surface area (Å²) in [6.07, 6.45) is 1.88. The maximum atomic E-state index is 12.6. The Morgan fingerprint density at radius 3 is 2.68 bits per heavy atom. The van der Waals surface area contributed by atoms with E-state index in [-0.39, 0.29) is 6.03 Å². The quantitative estimate of drug-likeness (QED) is 0.695. The molecule has 6 nitrogen and oxygen atoms in total. The van der Waals surface area contributed by atoms with Crippen molar-refractivity contribution in [3.8, 4) is 11.5 Å². The van der Waals surface area contributed by atoms with Crippen molar-refractivity contribution >= 4 is 33.3 Å². The number of nitrogens with zero attached hydrogens (tertiary/aromatic N) is 2. The van der Waals surface area contributed by atoms with Gasteiger partial charge in [0.15, 0.2) is 11.5 Å². The molecule has 1 fully saturated rings. The molecule has 5 rings (SSSR count). The fraction of sp³-hybridized carbons (Fsp3) is 0.333. The number of nitrogens with one attached hydrogen (secondary N) is 1. The second kappa shape index (κ2) is 7.31. The first-order valence-corrected chi connectivity index (χ1v) is 10.4. The van der Waals surface area contributed by atoms with Gasteiger partial charge < -0.3 is 19.7 Å². The molecule has 28 heavy (non-hydrogen) atoms. The molecule has 144 valence electrons. The third-order valence-electron chi connectivity index (χ3n) is 5.24. The van der Waals surface area contributed by atoms with Crippen LogP contribution in [0.5, 0.6) is 11.5 Å². The summed E-state index contributed by atoms with van der Waals surface area (Å²) in [6.45, 7) is 2.56. The number of piperidine rings is 1. The summed E-state index contributed by atoms with van der Waals surface area (Å²) in [5, 5.41) is 4.16. The Kier molecular flexibility index (Phi) is 4.52. The zero-order valence-corrected chi connectivity index (χ0v) is 16.2. The van der Waals surface area contributed by atoms with Crippen molar-refractivity contribution in [2.75, 3.05) is 31.6 Å². The number of ether oxygens (including phenoxy) is 2. The van der Waals surface area contributed by atoms with E-state index in [1.165, 1.54) is 9.71 Å². The minimum atomic E-state index is -0.0700. The molecule has 1 saturated heterocycles. The number of carbonyl (C=O) groups is 1. The Hall–Kier alpha value is -2.80. The molecule has 0 unspecified atom stereocenters. The summed E-state index contributed by atoms with van der Waals surface area (Å²) in [5.41, 5.74) is 1.80. The van der Waals surface area contributed by atoms with Crippen molar-refractivity contribution in [3.63, 3.8) is 0 Å². The number of amides is 2. The van der Waals surface area contributed by atoms with Crippen LogP contribution in [0.4, 0.5) is 10.5 Å². The third kappa shape index (κ3) is 3.38. The van der Waals surface area contributed by atoms with Crippen molar-refractivity contribution in [1.29, 1.82) is 0 Å². The van der Waals surface area contributed by atoms with Gasteiger partial charge in [0.05, 0.1) is 15.2 Å². The second-order valence-corrected chi connectivity index (χ2v) is 8.13. The number of anilines is 1. The molecular weight excluding hydrogens is 374 g/mol. The van der Waals surface area contributed by atoms with Crippen molar-refractivity contribution in [2.45, 2.75) is 18.8 Å². The van der Waals surface area contributed by atoms with Gasteiger partial charge in [0, 0.05) is 30.8 Å². The number of hydrogen-bond donors (Lipinski definition) is 1. The molecule has 0 atom stereocenters. The van der Waals surface area contributed by atoms with E-state index in [1.54, 1.807) is 11.3 Å². The Bertz CT molecular complexity index is 978. The van der Waals surface area contributed by atoms with E-state index in [2.05, 4.69) is 23.5 Å². The van der Waals surface area contributed by atoms with E-state index in [0.29, 0.717) is 24.9 Å². The molecule has 0 spiro atoms. The van der Waals surface area contributed by atoms with Gasteiger partial charge in [-0.05, 0) is 37.1 Å². The van der Waals surface area contributed by atoms with Crippen molar-refractivity contribution in [2.24, 2.45) is 0 Å². The molecule has 0 saturated carbocycles. The molecule has 0 bridgehead atoms. The van der Waals surface area contributed by atoms with Crippen LogP contribution >= 0.6 is 11.3 Å². The highest BCUT2D eigenvalue weighted by Crippen LogP contribution is 2.35. The molecule has 2 amide bonds. The smallest absolute Gasteiger partial charge is 0.321 e. The van der Waals surface area contributed by atoms with E-state index in [1.807, 2.05) is 29.2 Å². The summed E-state index contributed by atoms with van der Waals surface area (Å²) in [4.78, 5) is 19.3. The normalized spacial score (nSPS) is 16.9. The third-order valence-corrected chi connectivity index (χ3v) is 6.43. The maximum absolute atomic E-state index is 12.6. The van der Waals surface area contributed by atoms with Crippen LogP contribution in [-0.4, -0.2) is 42.2 Å². The van der Waals surface area contributed by atoms with Crippen LogP contribution in [0.1, 0.15) is 23.8 Å². The van der Waals surface area contributed by atoms with Crippen LogP contribution < -0.4 is 14.8 Å². The maximum Gasteiger partial charge on any atom is 0.321 e. The summed E-state index contributed by atoms with van der Waals surface area (Å²) in [6, 6.07) is 13.7. The van der Waals surface area contributed by atoms with Gasteiger partial charge in [-0.2, -0.15) is 0 Å². The minimum absolute atomic E-state index is 0.0700. The number of thiazole rings is 1. The number of fused-ring (bicyclic) bond motifs is 2. The first-order chi connectivity index (χ1) is 13.8. The molecular formula is C21H21N3O3S. The zero-order chi connectivity index (χ0) is 18.9. The van der Waals surface area contributed by atoms with Crippen molar-refractivity contribution in [1.82, 2.24) is 9.88 Å². The fourth-order valence-corrected chi connectivity index (χ4v) is 4.85. The summed E-state index contributed by atoms with van der Waals surface area (Å²) in [7, 11) is 0. The molecule has 7 heteroatoms. The van der Waals surface area contributed by atoms with Crippen LogP contribution in [0.25, 0.3) is 10.2 Å². The standard InChI is InChI=1S/C21H21N3O3S/c25-21(22-15-5-6-17-18(13-15)27-12-11-26-17)24-9-7-14(8-10-24)20-23-16-3-1-2-4-19(16)28-20/h1-6,13-14H,7-12H2,(H,22,25). The van der Waals surface area contributed by atoms with Gasteiger partial charge in [0.1, 0.15) is 13.2 Å². The Morgan fingerprint density at radius 2 is 1.86 bits per heavy atom. The Morgan fingerprint density at radius 1 is 1.07 bits per heavy atom. The predicted molar refractivity (Wildman–Crippen MR) is 110 cm³/mol. The molecule has 1 N–H and O–H groups in total. The van der Waals surface area contributed by atoms with Gasteiger partial charge in [-0.25, -0.2) is 9.78 Å². The number of benzene rings is 2. The fourth-order valence-electron chi connectivity index (χ4n) is 3.72. The number of urea groups is 1. The number of hydrogen-bond acceptors (Lipinski definition) is 5. The lowest BCUT2D eigenvalue weighted by Gasteiger charge is -2.31. The van der Waals surface area contributed by atoms with Crippen LogP contribution in [0.2, 0.25) is 0 Å². The van der Waals surface area contributed by atoms with Crippen LogP contribution in [0.3, 0.4) is 0 Å². The van der Waals surface area contributed by atoms with Gasteiger partial charge in [0.25, 0.3) is 0 Å². The predicted octanol–water partition coefficient (Wildman–Crippen LogP) is 4.48. The van der Waals surface area contributed by atoms with Crippen LogP contribution in [-0.2, 0) is 0 Å². The highest BCUT2D eigenvalue weighted by atomic mass is 32.1.